The van der Waals surface area contributed by atoms with Crippen LogP contribution in [0.25, 0.3) is 0 Å². The SMILES string of the molecule is CC(C)C1CCN(c2cc(N)c(C(=O)C3CC3)s2)CC1. The third-order valence-corrected chi connectivity index (χ3v) is 5.94. The van der Waals surface area contributed by atoms with Crippen molar-refractivity contribution in [3.63, 3.8) is 0 Å². The highest BCUT2D eigenvalue weighted by Gasteiger charge is 2.33. The normalized spacial score (nSPS) is 20.6. The molecule has 1 aromatic rings. The lowest BCUT2D eigenvalue weighted by Gasteiger charge is -2.34. The van der Waals surface area contributed by atoms with Gasteiger partial charge < -0.3 is 10.6 Å². The van der Waals surface area contributed by atoms with Gasteiger partial charge in [-0.25, -0.2) is 0 Å². The van der Waals surface area contributed by atoms with E-state index in [1.54, 1.807) is 11.3 Å². The second-order valence-corrected chi connectivity index (χ2v) is 7.61. The highest BCUT2D eigenvalue weighted by Crippen LogP contribution is 2.40. The predicted octanol–water partition coefficient (Wildman–Crippen LogP) is 3.80. The number of nitrogen functional groups attached to an aromatic ring is 1. The van der Waals surface area contributed by atoms with Crippen LogP contribution in [0.15, 0.2) is 6.07 Å². The lowest BCUT2D eigenvalue weighted by atomic mass is 9.87. The fourth-order valence-electron chi connectivity index (χ4n) is 3.06. The minimum atomic E-state index is 0.260. The minimum Gasteiger partial charge on any atom is -0.397 e. The number of carbonyl (C=O) groups excluding carboxylic acids is 1. The van der Waals surface area contributed by atoms with Gasteiger partial charge in [-0.2, -0.15) is 0 Å². The maximum absolute atomic E-state index is 12.2. The second kappa shape index (κ2) is 5.40. The number of carbonyl (C=O) groups is 1. The van der Waals surface area contributed by atoms with Gasteiger partial charge in [-0.15, -0.1) is 11.3 Å². The van der Waals surface area contributed by atoms with Gasteiger partial charge in [-0.3, -0.25) is 4.79 Å². The third kappa shape index (κ3) is 2.71. The summed E-state index contributed by atoms with van der Waals surface area (Å²) in [6.45, 7) is 6.82. The number of thiophene rings is 1. The highest BCUT2D eigenvalue weighted by atomic mass is 32.1. The van der Waals surface area contributed by atoms with Gasteiger partial charge in [-0.1, -0.05) is 13.8 Å². The summed E-state index contributed by atoms with van der Waals surface area (Å²) in [5.41, 5.74) is 6.74. The summed E-state index contributed by atoms with van der Waals surface area (Å²) < 4.78 is 0. The molecule has 3 nitrogen and oxygen atoms in total. The van der Waals surface area contributed by atoms with Gasteiger partial charge in [-0.05, 0) is 43.6 Å². The first kappa shape index (κ1) is 13.9. The van der Waals surface area contributed by atoms with Crippen LogP contribution >= 0.6 is 11.3 Å². The van der Waals surface area contributed by atoms with Crippen molar-refractivity contribution in [2.45, 2.75) is 39.5 Å². The van der Waals surface area contributed by atoms with Gasteiger partial charge in [0.2, 0.25) is 0 Å². The maximum atomic E-state index is 12.2. The number of hydrogen-bond donors (Lipinski definition) is 1. The van der Waals surface area contributed by atoms with Gasteiger partial charge in [0.05, 0.1) is 15.6 Å². The molecule has 0 amide bonds. The number of ketones is 1. The summed E-state index contributed by atoms with van der Waals surface area (Å²) in [4.78, 5) is 15.4. The van der Waals surface area contributed by atoms with Crippen LogP contribution in [0.5, 0.6) is 0 Å². The van der Waals surface area contributed by atoms with Crippen LogP contribution in [0, 0.1) is 17.8 Å². The molecule has 0 atom stereocenters. The van der Waals surface area contributed by atoms with Gasteiger partial charge in [0.15, 0.2) is 5.78 Å². The highest BCUT2D eigenvalue weighted by molar-refractivity contribution is 7.18. The molecule has 110 valence electrons. The van der Waals surface area contributed by atoms with Crippen molar-refractivity contribution in [3.8, 4) is 0 Å². The van der Waals surface area contributed by atoms with E-state index in [1.807, 2.05) is 6.07 Å². The molecule has 1 aliphatic carbocycles. The molecule has 2 N–H and O–H groups in total. The summed E-state index contributed by atoms with van der Waals surface area (Å²) in [6.07, 6.45) is 4.60. The standard InChI is InChI=1S/C16H24N2OS/c1-10(2)11-5-7-18(8-6-11)14-9-13(17)16(20-14)15(19)12-3-4-12/h9-12H,3-8,17H2,1-2H3. The van der Waals surface area contributed by atoms with Gasteiger partial charge in [0, 0.05) is 19.0 Å². The molecule has 1 saturated heterocycles. The molecule has 1 saturated carbocycles. The number of rotatable bonds is 4. The van der Waals surface area contributed by atoms with Crippen molar-refractivity contribution >= 4 is 27.8 Å². The van der Waals surface area contributed by atoms with Crippen LogP contribution < -0.4 is 10.6 Å². The Labute approximate surface area is 125 Å². The van der Waals surface area contributed by atoms with Crippen molar-refractivity contribution in [1.82, 2.24) is 0 Å². The molecule has 1 aliphatic heterocycles. The van der Waals surface area contributed by atoms with Crippen LogP contribution in [-0.4, -0.2) is 18.9 Å². The van der Waals surface area contributed by atoms with Crippen LogP contribution in [0.2, 0.25) is 0 Å². The lowest BCUT2D eigenvalue weighted by molar-refractivity contribution is 0.0972. The molecule has 0 bridgehead atoms. The number of anilines is 2. The molecule has 3 rings (SSSR count). The number of nitrogens with zero attached hydrogens (tertiary/aromatic N) is 1. The Bertz CT molecular complexity index is 497. The zero-order valence-corrected chi connectivity index (χ0v) is 13.2. The van der Waals surface area contributed by atoms with Crippen LogP contribution in [0.1, 0.15) is 49.2 Å². The fourth-order valence-corrected chi connectivity index (χ4v) is 4.21. The summed E-state index contributed by atoms with van der Waals surface area (Å²) in [5.74, 6) is 2.15. The first-order valence-electron chi connectivity index (χ1n) is 7.74. The van der Waals surface area contributed by atoms with Crippen molar-refractivity contribution < 1.29 is 4.79 Å². The molecule has 0 unspecified atom stereocenters. The molecular weight excluding hydrogens is 268 g/mol. The molecule has 2 fully saturated rings. The molecule has 0 aromatic carbocycles. The quantitative estimate of drug-likeness (QED) is 0.859. The van der Waals surface area contributed by atoms with E-state index in [9.17, 15) is 4.79 Å². The largest absolute Gasteiger partial charge is 0.397 e. The Hall–Kier alpha value is -1.03. The molecule has 4 heteroatoms. The van der Waals surface area contributed by atoms with Gasteiger partial charge in [0.1, 0.15) is 0 Å². The monoisotopic (exact) mass is 292 g/mol. The Morgan fingerprint density at radius 3 is 2.50 bits per heavy atom. The van der Waals surface area contributed by atoms with Gasteiger partial charge in [0.25, 0.3) is 0 Å². The maximum Gasteiger partial charge on any atom is 0.178 e. The zero-order valence-electron chi connectivity index (χ0n) is 12.4. The van der Waals surface area contributed by atoms with Crippen LogP contribution in [0.4, 0.5) is 10.7 Å². The van der Waals surface area contributed by atoms with Crippen LogP contribution in [-0.2, 0) is 0 Å². The molecule has 2 aliphatic rings. The van der Waals surface area contributed by atoms with E-state index in [2.05, 4.69) is 18.7 Å². The average Bonchev–Trinajstić information content (AvgIpc) is 3.21. The van der Waals surface area contributed by atoms with Crippen molar-refractivity contribution in [2.24, 2.45) is 17.8 Å². The number of piperidine rings is 1. The number of nitrogens with two attached hydrogens (primary N) is 1. The van der Waals surface area contributed by atoms with Crippen molar-refractivity contribution in [3.05, 3.63) is 10.9 Å². The van der Waals surface area contributed by atoms with E-state index >= 15 is 0 Å². The molecule has 2 heterocycles. The Kier molecular flexibility index (Phi) is 3.76. The fraction of sp³-hybridized carbons (Fsp3) is 0.688. The van der Waals surface area contributed by atoms with Crippen LogP contribution in [0.3, 0.4) is 0 Å². The van der Waals surface area contributed by atoms with E-state index in [1.165, 1.54) is 17.8 Å². The summed E-state index contributed by atoms with van der Waals surface area (Å²) >= 11 is 1.60. The van der Waals surface area contributed by atoms with E-state index < -0.39 is 0 Å². The lowest BCUT2D eigenvalue weighted by Crippen LogP contribution is -2.34. The predicted molar refractivity (Wildman–Crippen MR) is 85.6 cm³/mol. The van der Waals surface area contributed by atoms with Gasteiger partial charge >= 0.3 is 0 Å². The zero-order chi connectivity index (χ0) is 14.3. The average molecular weight is 292 g/mol. The molecule has 20 heavy (non-hydrogen) atoms. The Morgan fingerprint density at radius 2 is 1.95 bits per heavy atom. The Balaban J connectivity index is 1.69. The summed E-state index contributed by atoms with van der Waals surface area (Å²) in [7, 11) is 0. The first-order chi connectivity index (χ1) is 9.56. The van der Waals surface area contributed by atoms with E-state index in [-0.39, 0.29) is 11.7 Å². The number of hydrogen-bond acceptors (Lipinski definition) is 4. The smallest absolute Gasteiger partial charge is 0.178 e. The Morgan fingerprint density at radius 1 is 1.30 bits per heavy atom. The minimum absolute atomic E-state index is 0.260. The molecule has 0 spiro atoms. The summed E-state index contributed by atoms with van der Waals surface area (Å²) in [6, 6.07) is 2.01. The third-order valence-electron chi connectivity index (χ3n) is 4.71. The van der Waals surface area contributed by atoms with E-state index in [0.717, 1.165) is 42.6 Å². The van der Waals surface area contributed by atoms with E-state index in [0.29, 0.717) is 5.69 Å². The first-order valence-corrected chi connectivity index (χ1v) is 8.56. The topological polar surface area (TPSA) is 46.3 Å². The second-order valence-electron chi connectivity index (χ2n) is 6.58. The molecule has 0 radical (unpaired) electrons. The van der Waals surface area contributed by atoms with Crippen molar-refractivity contribution in [1.29, 1.82) is 0 Å². The van der Waals surface area contributed by atoms with E-state index in [4.69, 9.17) is 5.73 Å². The number of Topliss-reactive ketones (excluding diaryl/α,β-unsaturated/α-hetero) is 1. The molecule has 1 aromatic heterocycles. The molecular formula is C16H24N2OS. The van der Waals surface area contributed by atoms with Crippen molar-refractivity contribution in [2.75, 3.05) is 23.7 Å². The summed E-state index contributed by atoms with van der Waals surface area (Å²) in [5, 5.41) is 1.19.